The number of aromatic nitrogens is 1. The lowest BCUT2D eigenvalue weighted by atomic mass is 10.2. The molecule has 1 fully saturated rings. The van der Waals surface area contributed by atoms with Crippen molar-refractivity contribution < 1.29 is 9.59 Å². The highest BCUT2D eigenvalue weighted by Crippen LogP contribution is 2.21. The molecule has 2 amide bonds. The SMILES string of the molecule is NNc1cc(CN2C(=O)CSC2=O)ccn1. The number of hydrogen-bond acceptors (Lipinski definition) is 6. The second-order valence-corrected chi connectivity index (χ2v) is 4.15. The van der Waals surface area contributed by atoms with E-state index in [1.165, 1.54) is 4.90 Å². The van der Waals surface area contributed by atoms with Gasteiger partial charge in [-0.25, -0.2) is 10.8 Å². The first-order valence-electron chi connectivity index (χ1n) is 4.59. The number of rotatable bonds is 3. The number of pyridine rings is 1. The number of thioether (sulfide) groups is 1. The molecule has 1 saturated heterocycles. The Morgan fingerprint density at radius 3 is 3.00 bits per heavy atom. The Balaban J connectivity index is 2.14. The molecule has 0 atom stereocenters. The molecule has 0 unspecified atom stereocenters. The van der Waals surface area contributed by atoms with E-state index in [2.05, 4.69) is 10.4 Å². The van der Waals surface area contributed by atoms with Gasteiger partial charge < -0.3 is 5.43 Å². The number of imide groups is 1. The van der Waals surface area contributed by atoms with Crippen LogP contribution in [0.5, 0.6) is 0 Å². The molecule has 0 aliphatic carbocycles. The van der Waals surface area contributed by atoms with Crippen LogP contribution in [0.4, 0.5) is 10.6 Å². The number of nitrogens with two attached hydrogens (primary N) is 1. The maximum Gasteiger partial charge on any atom is 0.289 e. The van der Waals surface area contributed by atoms with Crippen LogP contribution in [0.1, 0.15) is 5.56 Å². The molecule has 0 aromatic carbocycles. The van der Waals surface area contributed by atoms with Crippen LogP contribution < -0.4 is 11.3 Å². The summed E-state index contributed by atoms with van der Waals surface area (Å²) in [6.07, 6.45) is 1.57. The molecule has 3 N–H and O–H groups in total. The highest BCUT2D eigenvalue weighted by atomic mass is 32.2. The molecule has 0 spiro atoms. The summed E-state index contributed by atoms with van der Waals surface area (Å²) in [6.45, 7) is 0.266. The first kappa shape index (κ1) is 10.9. The van der Waals surface area contributed by atoms with Gasteiger partial charge in [0.1, 0.15) is 5.82 Å². The molecule has 1 aromatic heterocycles. The van der Waals surface area contributed by atoms with Gasteiger partial charge in [-0.2, -0.15) is 0 Å². The quantitative estimate of drug-likeness (QED) is 0.591. The van der Waals surface area contributed by atoms with Crippen molar-refractivity contribution in [3.63, 3.8) is 0 Å². The van der Waals surface area contributed by atoms with Crippen LogP contribution in [0.25, 0.3) is 0 Å². The van der Waals surface area contributed by atoms with Crippen molar-refractivity contribution in [1.82, 2.24) is 9.88 Å². The lowest BCUT2D eigenvalue weighted by Gasteiger charge is -2.12. The molecule has 0 radical (unpaired) electrons. The average Bonchev–Trinajstić information content (AvgIpc) is 2.61. The van der Waals surface area contributed by atoms with Gasteiger partial charge in [0.25, 0.3) is 5.24 Å². The number of nitrogens with one attached hydrogen (secondary N) is 1. The van der Waals surface area contributed by atoms with Crippen molar-refractivity contribution in [1.29, 1.82) is 0 Å². The Kier molecular flexibility index (Phi) is 3.07. The van der Waals surface area contributed by atoms with Crippen LogP contribution in [-0.4, -0.2) is 26.8 Å². The summed E-state index contributed by atoms with van der Waals surface area (Å²) < 4.78 is 0. The van der Waals surface area contributed by atoms with Crippen LogP contribution in [0.15, 0.2) is 18.3 Å². The highest BCUT2D eigenvalue weighted by Gasteiger charge is 2.29. The minimum absolute atomic E-state index is 0.158. The van der Waals surface area contributed by atoms with Crippen LogP contribution in [0.3, 0.4) is 0 Å². The fourth-order valence-electron chi connectivity index (χ4n) is 1.37. The molecule has 2 heterocycles. The average molecular weight is 238 g/mol. The highest BCUT2D eigenvalue weighted by molar-refractivity contribution is 8.14. The van der Waals surface area contributed by atoms with E-state index in [4.69, 9.17) is 5.84 Å². The minimum atomic E-state index is -0.205. The molecular weight excluding hydrogens is 228 g/mol. The van der Waals surface area contributed by atoms with E-state index in [-0.39, 0.29) is 23.4 Å². The van der Waals surface area contributed by atoms with E-state index in [1.54, 1.807) is 18.3 Å². The molecule has 2 rings (SSSR count). The Morgan fingerprint density at radius 2 is 2.38 bits per heavy atom. The largest absolute Gasteiger partial charge is 0.308 e. The van der Waals surface area contributed by atoms with Gasteiger partial charge in [0.2, 0.25) is 5.91 Å². The number of nitrogen functional groups attached to an aromatic ring is 1. The predicted molar refractivity (Wildman–Crippen MR) is 60.5 cm³/mol. The fourth-order valence-corrected chi connectivity index (χ4v) is 2.09. The maximum absolute atomic E-state index is 11.4. The summed E-state index contributed by atoms with van der Waals surface area (Å²) in [6, 6.07) is 3.44. The summed E-state index contributed by atoms with van der Waals surface area (Å²) in [5, 5.41) is -0.205. The third-order valence-corrected chi connectivity index (χ3v) is 3.01. The normalized spacial score (nSPS) is 15.7. The van der Waals surface area contributed by atoms with Crippen molar-refractivity contribution in [2.24, 2.45) is 5.84 Å². The van der Waals surface area contributed by atoms with E-state index in [0.717, 1.165) is 17.3 Å². The summed E-state index contributed by atoms with van der Waals surface area (Å²) in [4.78, 5) is 27.9. The number of carbonyl (C=O) groups excluding carboxylic acids is 2. The van der Waals surface area contributed by atoms with Gasteiger partial charge >= 0.3 is 0 Å². The molecule has 0 saturated carbocycles. The zero-order valence-electron chi connectivity index (χ0n) is 8.34. The van der Waals surface area contributed by atoms with Crippen molar-refractivity contribution in [2.75, 3.05) is 11.2 Å². The van der Waals surface area contributed by atoms with Gasteiger partial charge in [-0.15, -0.1) is 0 Å². The second kappa shape index (κ2) is 4.50. The van der Waals surface area contributed by atoms with Gasteiger partial charge in [-0.1, -0.05) is 11.8 Å². The Hall–Kier alpha value is -1.60. The molecule has 1 aliphatic heterocycles. The smallest absolute Gasteiger partial charge is 0.289 e. The molecule has 0 bridgehead atoms. The standard InChI is InChI=1S/C9H10N4O2S/c10-12-7-3-6(1-2-11-7)4-13-8(14)5-16-9(13)15/h1-3H,4-5,10H2,(H,11,12). The number of carbonyl (C=O) groups is 2. The fraction of sp³-hybridized carbons (Fsp3) is 0.222. The molecular formula is C9H10N4O2S. The van der Waals surface area contributed by atoms with E-state index in [1.807, 2.05) is 0 Å². The van der Waals surface area contributed by atoms with Crippen LogP contribution in [-0.2, 0) is 11.3 Å². The third kappa shape index (κ3) is 2.15. The summed E-state index contributed by atoms with van der Waals surface area (Å²) in [5.41, 5.74) is 3.22. The molecule has 1 aromatic rings. The number of amides is 2. The molecule has 6 nitrogen and oxygen atoms in total. The van der Waals surface area contributed by atoms with E-state index in [9.17, 15) is 9.59 Å². The minimum Gasteiger partial charge on any atom is -0.308 e. The van der Waals surface area contributed by atoms with E-state index in [0.29, 0.717) is 5.82 Å². The van der Waals surface area contributed by atoms with Gasteiger partial charge in [0, 0.05) is 6.20 Å². The molecule has 1 aliphatic rings. The number of anilines is 1. The lowest BCUT2D eigenvalue weighted by molar-refractivity contribution is -0.125. The summed E-state index contributed by atoms with van der Waals surface area (Å²) in [7, 11) is 0. The Labute approximate surface area is 96.2 Å². The van der Waals surface area contributed by atoms with Crippen LogP contribution in [0.2, 0.25) is 0 Å². The van der Waals surface area contributed by atoms with Crippen molar-refractivity contribution in [3.8, 4) is 0 Å². The second-order valence-electron chi connectivity index (χ2n) is 3.23. The molecule has 7 heteroatoms. The Morgan fingerprint density at radius 1 is 1.56 bits per heavy atom. The van der Waals surface area contributed by atoms with Crippen LogP contribution >= 0.6 is 11.8 Å². The third-order valence-electron chi connectivity index (χ3n) is 2.15. The molecule has 84 valence electrons. The van der Waals surface area contributed by atoms with Gasteiger partial charge in [0.05, 0.1) is 12.3 Å². The van der Waals surface area contributed by atoms with Crippen molar-refractivity contribution in [3.05, 3.63) is 23.9 Å². The lowest BCUT2D eigenvalue weighted by Crippen LogP contribution is -2.28. The Bertz CT molecular complexity index is 421. The topological polar surface area (TPSA) is 88.3 Å². The monoisotopic (exact) mass is 238 g/mol. The zero-order chi connectivity index (χ0) is 11.5. The first-order chi connectivity index (χ1) is 7.70. The zero-order valence-corrected chi connectivity index (χ0v) is 9.16. The van der Waals surface area contributed by atoms with Gasteiger partial charge in [-0.3, -0.25) is 14.5 Å². The van der Waals surface area contributed by atoms with Crippen LogP contribution in [0, 0.1) is 0 Å². The van der Waals surface area contributed by atoms with E-state index >= 15 is 0 Å². The van der Waals surface area contributed by atoms with Crippen molar-refractivity contribution >= 4 is 28.7 Å². The van der Waals surface area contributed by atoms with Gasteiger partial charge in [-0.05, 0) is 17.7 Å². The number of hydrogen-bond donors (Lipinski definition) is 2. The van der Waals surface area contributed by atoms with Gasteiger partial charge in [0.15, 0.2) is 0 Å². The number of hydrazine groups is 1. The predicted octanol–water partition coefficient (Wildman–Crippen LogP) is 0.563. The summed E-state index contributed by atoms with van der Waals surface area (Å²) in [5.74, 6) is 5.79. The maximum atomic E-state index is 11.4. The van der Waals surface area contributed by atoms with E-state index < -0.39 is 0 Å². The molecule has 16 heavy (non-hydrogen) atoms. The summed E-state index contributed by atoms with van der Waals surface area (Å²) >= 11 is 1.02. The van der Waals surface area contributed by atoms with Crippen molar-refractivity contribution in [2.45, 2.75) is 6.54 Å². The number of nitrogens with zero attached hydrogens (tertiary/aromatic N) is 2. The first-order valence-corrected chi connectivity index (χ1v) is 5.58.